The molecule has 0 aliphatic rings. The molecule has 0 bridgehead atoms. The van der Waals surface area contributed by atoms with E-state index in [1.807, 2.05) is 13.8 Å². The van der Waals surface area contributed by atoms with Crippen LogP contribution in [0, 0.1) is 5.41 Å². The normalized spacial score (nSPS) is 12.3. The van der Waals surface area contributed by atoms with Gasteiger partial charge in [-0.3, -0.25) is 4.79 Å². The molecule has 20 heavy (non-hydrogen) atoms. The van der Waals surface area contributed by atoms with E-state index in [4.69, 9.17) is 5.73 Å². The molecule has 0 fully saturated rings. The fourth-order valence-corrected chi connectivity index (χ4v) is 1.96. The first kappa shape index (κ1) is 16.5. The van der Waals surface area contributed by atoms with Crippen molar-refractivity contribution >= 4 is 11.6 Å². The molecule has 1 aromatic rings. The van der Waals surface area contributed by atoms with Gasteiger partial charge < -0.3 is 11.1 Å². The summed E-state index contributed by atoms with van der Waals surface area (Å²) in [5.74, 6) is -0.259. The van der Waals surface area contributed by atoms with Crippen molar-refractivity contribution in [3.05, 3.63) is 29.8 Å². The van der Waals surface area contributed by atoms with Crippen molar-refractivity contribution in [3.63, 3.8) is 0 Å². The Balaban J connectivity index is 2.86. The quantitative estimate of drug-likeness (QED) is 0.872. The Bertz CT molecular complexity index is 442. The van der Waals surface area contributed by atoms with E-state index in [2.05, 4.69) is 5.32 Å². The van der Waals surface area contributed by atoms with Gasteiger partial charge in [-0.25, -0.2) is 0 Å². The van der Waals surface area contributed by atoms with E-state index >= 15 is 0 Å². The number of nitrogens with one attached hydrogen (secondary N) is 1. The van der Waals surface area contributed by atoms with Crippen molar-refractivity contribution in [3.8, 4) is 0 Å². The molecule has 0 radical (unpaired) electrons. The lowest BCUT2D eigenvalue weighted by Gasteiger charge is -2.28. The highest BCUT2D eigenvalue weighted by molar-refractivity contribution is 5.95. The number of rotatable bonds is 5. The lowest BCUT2D eigenvalue weighted by atomic mass is 9.81. The number of amides is 1. The number of benzene rings is 1. The van der Waals surface area contributed by atoms with Gasteiger partial charge in [0.15, 0.2) is 0 Å². The molecule has 0 saturated heterocycles. The van der Waals surface area contributed by atoms with Crippen molar-refractivity contribution in [1.29, 1.82) is 0 Å². The summed E-state index contributed by atoms with van der Waals surface area (Å²) < 4.78 is 37.3. The number of halogens is 3. The molecule has 1 amide bonds. The largest absolute Gasteiger partial charge is 0.416 e. The summed E-state index contributed by atoms with van der Waals surface area (Å²) in [6, 6.07) is 4.37. The Labute approximate surface area is 116 Å². The van der Waals surface area contributed by atoms with Crippen molar-refractivity contribution in [1.82, 2.24) is 0 Å². The zero-order chi connectivity index (χ0) is 15.4. The molecule has 0 spiro atoms. The first-order valence-corrected chi connectivity index (χ1v) is 6.48. The van der Waals surface area contributed by atoms with E-state index < -0.39 is 17.2 Å². The van der Waals surface area contributed by atoms with Crippen LogP contribution in [-0.2, 0) is 11.0 Å². The van der Waals surface area contributed by atoms with Crippen LogP contribution in [0.4, 0.5) is 18.9 Å². The first-order chi connectivity index (χ1) is 9.29. The van der Waals surface area contributed by atoms with Gasteiger partial charge in [0.1, 0.15) is 0 Å². The fraction of sp³-hybridized carbons (Fsp3) is 0.500. The second-order valence-corrected chi connectivity index (χ2v) is 4.72. The minimum absolute atomic E-state index is 0.201. The Morgan fingerprint density at radius 1 is 1.15 bits per heavy atom. The van der Waals surface area contributed by atoms with Gasteiger partial charge in [0.25, 0.3) is 0 Å². The Morgan fingerprint density at radius 3 is 2.00 bits per heavy atom. The molecule has 1 aromatic carbocycles. The van der Waals surface area contributed by atoms with Crippen molar-refractivity contribution in [2.75, 3.05) is 11.9 Å². The predicted octanol–water partition coefficient (Wildman–Crippen LogP) is 3.41. The number of hydrogen-bond donors (Lipinski definition) is 2. The van der Waals surface area contributed by atoms with E-state index in [0.29, 0.717) is 18.5 Å². The molecule has 0 atom stereocenters. The molecule has 3 N–H and O–H groups in total. The third-order valence-corrected chi connectivity index (χ3v) is 3.70. The van der Waals surface area contributed by atoms with E-state index in [-0.39, 0.29) is 12.5 Å². The molecular weight excluding hydrogens is 269 g/mol. The minimum atomic E-state index is -4.38. The molecular formula is C14H19F3N2O. The van der Waals surface area contributed by atoms with Crippen molar-refractivity contribution in [2.24, 2.45) is 11.1 Å². The summed E-state index contributed by atoms with van der Waals surface area (Å²) in [6.45, 7) is 3.93. The first-order valence-electron chi connectivity index (χ1n) is 6.48. The van der Waals surface area contributed by atoms with Crippen LogP contribution >= 0.6 is 0 Å². The van der Waals surface area contributed by atoms with Crippen LogP contribution in [0.1, 0.15) is 32.3 Å². The summed E-state index contributed by atoms with van der Waals surface area (Å²) in [4.78, 5) is 12.2. The van der Waals surface area contributed by atoms with E-state index in [0.717, 1.165) is 12.1 Å². The summed E-state index contributed by atoms with van der Waals surface area (Å²) in [7, 11) is 0. The molecule has 6 heteroatoms. The third kappa shape index (κ3) is 3.50. The van der Waals surface area contributed by atoms with E-state index in [1.54, 1.807) is 0 Å². The summed E-state index contributed by atoms with van der Waals surface area (Å²) >= 11 is 0. The maximum absolute atomic E-state index is 12.4. The van der Waals surface area contributed by atoms with Gasteiger partial charge in [0.05, 0.1) is 11.0 Å². The van der Waals surface area contributed by atoms with Crippen molar-refractivity contribution < 1.29 is 18.0 Å². The average molecular weight is 288 g/mol. The van der Waals surface area contributed by atoms with Gasteiger partial charge in [-0.2, -0.15) is 13.2 Å². The van der Waals surface area contributed by atoms with Gasteiger partial charge >= 0.3 is 6.18 Å². The van der Waals surface area contributed by atoms with Gasteiger partial charge in [-0.05, 0) is 37.1 Å². The SMILES string of the molecule is CCC(CC)(CN)C(=O)Nc1ccc(C(F)(F)F)cc1. The average Bonchev–Trinajstić information content (AvgIpc) is 2.41. The van der Waals surface area contributed by atoms with Crippen LogP contribution in [0.15, 0.2) is 24.3 Å². The standard InChI is InChI=1S/C14H19F3N2O/c1-3-13(4-2,9-18)12(20)19-11-7-5-10(6-8-11)14(15,16)17/h5-8H,3-4,9,18H2,1-2H3,(H,19,20). The number of nitrogens with two attached hydrogens (primary N) is 1. The molecule has 0 aliphatic carbocycles. The number of carbonyl (C=O) groups excluding carboxylic acids is 1. The Hall–Kier alpha value is -1.56. The van der Waals surface area contributed by atoms with Gasteiger partial charge in [0, 0.05) is 12.2 Å². The van der Waals surface area contributed by atoms with Crippen LogP contribution in [0.3, 0.4) is 0 Å². The molecule has 1 rings (SSSR count). The molecule has 0 unspecified atom stereocenters. The molecule has 0 aromatic heterocycles. The lowest BCUT2D eigenvalue weighted by Crippen LogP contribution is -2.41. The highest BCUT2D eigenvalue weighted by atomic mass is 19.4. The molecule has 112 valence electrons. The highest BCUT2D eigenvalue weighted by Gasteiger charge is 2.34. The highest BCUT2D eigenvalue weighted by Crippen LogP contribution is 2.31. The maximum Gasteiger partial charge on any atom is 0.416 e. The topological polar surface area (TPSA) is 55.1 Å². The van der Waals surface area contributed by atoms with Gasteiger partial charge in [-0.1, -0.05) is 13.8 Å². The zero-order valence-corrected chi connectivity index (χ0v) is 11.6. The van der Waals surface area contributed by atoms with E-state index in [9.17, 15) is 18.0 Å². The summed E-state index contributed by atoms with van der Waals surface area (Å²) in [5.41, 5.74) is 4.57. The predicted molar refractivity (Wildman–Crippen MR) is 72.1 cm³/mol. The molecule has 3 nitrogen and oxygen atoms in total. The summed E-state index contributed by atoms with van der Waals surface area (Å²) in [6.07, 6.45) is -3.23. The van der Waals surface area contributed by atoms with Crippen molar-refractivity contribution in [2.45, 2.75) is 32.9 Å². The van der Waals surface area contributed by atoms with Crippen LogP contribution < -0.4 is 11.1 Å². The van der Waals surface area contributed by atoms with Crippen LogP contribution in [0.5, 0.6) is 0 Å². The Kier molecular flexibility index (Phi) is 5.16. The van der Waals surface area contributed by atoms with Crippen LogP contribution in [0.25, 0.3) is 0 Å². The maximum atomic E-state index is 12.4. The van der Waals surface area contributed by atoms with Gasteiger partial charge in [-0.15, -0.1) is 0 Å². The fourth-order valence-electron chi connectivity index (χ4n) is 1.96. The number of anilines is 1. The van der Waals surface area contributed by atoms with Gasteiger partial charge in [0.2, 0.25) is 5.91 Å². The molecule has 0 saturated carbocycles. The lowest BCUT2D eigenvalue weighted by molar-refractivity contribution is -0.137. The monoisotopic (exact) mass is 288 g/mol. The smallest absolute Gasteiger partial charge is 0.329 e. The van der Waals surface area contributed by atoms with E-state index in [1.165, 1.54) is 12.1 Å². The number of hydrogen-bond acceptors (Lipinski definition) is 2. The number of carbonyl (C=O) groups is 1. The zero-order valence-electron chi connectivity index (χ0n) is 11.6. The third-order valence-electron chi connectivity index (χ3n) is 3.70. The molecule has 0 aliphatic heterocycles. The summed E-state index contributed by atoms with van der Waals surface area (Å²) in [5, 5.41) is 2.63. The second kappa shape index (κ2) is 6.26. The van der Waals surface area contributed by atoms with Crippen LogP contribution in [0.2, 0.25) is 0 Å². The number of alkyl halides is 3. The Morgan fingerprint density at radius 2 is 1.65 bits per heavy atom. The second-order valence-electron chi connectivity index (χ2n) is 4.72. The minimum Gasteiger partial charge on any atom is -0.329 e. The molecule has 0 heterocycles. The van der Waals surface area contributed by atoms with Crippen LogP contribution in [-0.4, -0.2) is 12.5 Å².